The van der Waals surface area contributed by atoms with Crippen LogP contribution in [0, 0.1) is 11.7 Å². The van der Waals surface area contributed by atoms with Crippen LogP contribution in [-0.2, 0) is 29.6 Å². The largest absolute Gasteiger partial charge is 0.417 e. The Morgan fingerprint density at radius 3 is 2.19 bits per heavy atom. The van der Waals surface area contributed by atoms with Crippen molar-refractivity contribution in [2.45, 2.75) is 57.4 Å². The molecule has 0 fully saturated rings. The molecule has 0 aliphatic carbocycles. The van der Waals surface area contributed by atoms with Crippen LogP contribution in [0.25, 0.3) is 0 Å². The second kappa shape index (κ2) is 12.8. The van der Waals surface area contributed by atoms with Gasteiger partial charge in [-0.1, -0.05) is 62.4 Å². The second-order valence-corrected chi connectivity index (χ2v) is 12.6. The fourth-order valence-electron chi connectivity index (χ4n) is 6.39. The van der Waals surface area contributed by atoms with Crippen LogP contribution >= 0.6 is 0 Å². The molecule has 12 heteroatoms. The second-order valence-electron chi connectivity index (χ2n) is 12.6. The highest BCUT2D eigenvalue weighted by molar-refractivity contribution is 6.07. The minimum Gasteiger partial charge on any atom is -0.369 e. The summed E-state index contributed by atoms with van der Waals surface area (Å²) in [6.45, 7) is 4.03. The summed E-state index contributed by atoms with van der Waals surface area (Å²) in [4.78, 5) is 43.9. The number of hydrogen-bond acceptors (Lipinski definition) is 6. The normalized spacial score (nSPS) is 18.3. The highest BCUT2D eigenvalue weighted by atomic mass is 19.4. The number of alkyl halides is 3. The van der Waals surface area contributed by atoms with Gasteiger partial charge in [0.15, 0.2) is 11.5 Å². The molecule has 0 spiro atoms. The van der Waals surface area contributed by atoms with Gasteiger partial charge in [-0.3, -0.25) is 24.5 Å². The maximum Gasteiger partial charge on any atom is 0.417 e. The number of carbonyl (C=O) groups excluding carboxylic acids is 2. The summed E-state index contributed by atoms with van der Waals surface area (Å²) in [5.41, 5.74) is 6.12. The van der Waals surface area contributed by atoms with Crippen molar-refractivity contribution in [2.24, 2.45) is 16.6 Å². The average Bonchev–Trinajstić information content (AvgIpc) is 3.61. The maximum absolute atomic E-state index is 14.4. The molecule has 0 radical (unpaired) electrons. The van der Waals surface area contributed by atoms with E-state index in [0.717, 1.165) is 6.07 Å². The van der Waals surface area contributed by atoms with Gasteiger partial charge in [0.25, 0.3) is 11.8 Å². The highest BCUT2D eigenvalue weighted by Gasteiger charge is 2.49. The van der Waals surface area contributed by atoms with E-state index in [-0.39, 0.29) is 31.5 Å². The monoisotopic (exact) mass is 658 g/mol. The molecule has 0 saturated heterocycles. The number of halogens is 4. The first-order valence-electron chi connectivity index (χ1n) is 15.6. The van der Waals surface area contributed by atoms with E-state index >= 15 is 0 Å². The molecule has 1 aromatic heterocycles. The Morgan fingerprint density at radius 1 is 0.938 bits per heavy atom. The number of aromatic nitrogens is 2. The Labute approximate surface area is 275 Å². The number of carbonyl (C=O) groups is 2. The van der Waals surface area contributed by atoms with E-state index in [4.69, 9.17) is 5.73 Å². The number of nitrogens with two attached hydrogens (primary N) is 1. The van der Waals surface area contributed by atoms with Crippen molar-refractivity contribution >= 4 is 17.8 Å². The number of guanidine groups is 1. The van der Waals surface area contributed by atoms with Crippen LogP contribution in [0.3, 0.4) is 0 Å². The van der Waals surface area contributed by atoms with Gasteiger partial charge in [-0.25, -0.2) is 9.38 Å². The van der Waals surface area contributed by atoms with Crippen molar-refractivity contribution in [3.63, 3.8) is 0 Å². The van der Waals surface area contributed by atoms with Gasteiger partial charge in [-0.2, -0.15) is 13.2 Å². The van der Waals surface area contributed by atoms with Crippen LogP contribution in [0.15, 0.2) is 90.2 Å². The zero-order chi connectivity index (χ0) is 34.2. The number of rotatable bonds is 9. The molecule has 2 atom stereocenters. The fourth-order valence-corrected chi connectivity index (χ4v) is 6.39. The third kappa shape index (κ3) is 6.26. The molecule has 4 aromatic rings. The van der Waals surface area contributed by atoms with Crippen molar-refractivity contribution in [2.75, 3.05) is 6.54 Å². The summed E-state index contributed by atoms with van der Waals surface area (Å²) < 4.78 is 56.9. The molecule has 0 bridgehead atoms. The number of hydrogen-bond donors (Lipinski definition) is 1. The van der Waals surface area contributed by atoms with E-state index in [9.17, 15) is 27.2 Å². The van der Waals surface area contributed by atoms with Crippen LogP contribution in [-0.4, -0.2) is 44.1 Å². The van der Waals surface area contributed by atoms with Gasteiger partial charge < -0.3 is 10.6 Å². The Kier molecular flexibility index (Phi) is 8.76. The van der Waals surface area contributed by atoms with Gasteiger partial charge in [0.1, 0.15) is 5.82 Å². The molecule has 6 rings (SSSR count). The standard InChI is InChI=1S/C36H34F4N6O2/c1-22(2)14-15-35(25-9-11-26(37)12-10-25)33(48)46(34(41)44-35)19-28(23-6-4-3-5-7-23)24-8-13-29(36(38,39)40)27(18-24)32(47)45-20-30-31(21-45)43-17-16-42-30/h3-13,16-18,22,28H,14-15,19-21H2,1-2H3,(H2,41,44)/t28-,35+/m0/s1. The molecule has 2 aliphatic rings. The summed E-state index contributed by atoms with van der Waals surface area (Å²) in [6, 6.07) is 18.1. The molecule has 48 heavy (non-hydrogen) atoms. The smallest absolute Gasteiger partial charge is 0.369 e. The summed E-state index contributed by atoms with van der Waals surface area (Å²) in [6.07, 6.45) is -0.903. The molecule has 2 amide bonds. The van der Waals surface area contributed by atoms with E-state index in [1.807, 2.05) is 13.8 Å². The molecule has 0 saturated carbocycles. The van der Waals surface area contributed by atoms with Crippen LogP contribution in [0.1, 0.15) is 76.6 Å². The van der Waals surface area contributed by atoms with E-state index in [1.54, 1.807) is 30.3 Å². The lowest BCUT2D eigenvalue weighted by molar-refractivity contribution is -0.138. The zero-order valence-corrected chi connectivity index (χ0v) is 26.4. The Hall–Kier alpha value is -5.13. The molecular formula is C36H34F4N6O2. The van der Waals surface area contributed by atoms with Crippen LogP contribution in [0.4, 0.5) is 17.6 Å². The van der Waals surface area contributed by atoms with E-state index in [0.29, 0.717) is 40.9 Å². The SMILES string of the molecule is CC(C)CC[C@]1(c2ccc(F)cc2)N=C(N)N(C[C@@H](c2ccccc2)c2ccc(C(F)(F)F)c(C(=O)N3Cc4nccnc4C3)c2)C1=O. The average molecular weight is 659 g/mol. The summed E-state index contributed by atoms with van der Waals surface area (Å²) in [5.74, 6) is -2.18. The number of benzene rings is 3. The lowest BCUT2D eigenvalue weighted by atomic mass is 9.83. The first kappa shape index (κ1) is 32.8. The first-order valence-corrected chi connectivity index (χ1v) is 15.6. The summed E-state index contributed by atoms with van der Waals surface area (Å²) in [7, 11) is 0. The van der Waals surface area contributed by atoms with E-state index in [1.165, 1.54) is 58.6 Å². The van der Waals surface area contributed by atoms with Crippen LogP contribution in [0.5, 0.6) is 0 Å². The topological polar surface area (TPSA) is 105 Å². The Balaban J connectivity index is 1.39. The molecule has 3 heterocycles. The van der Waals surface area contributed by atoms with Gasteiger partial charge in [0.2, 0.25) is 0 Å². The van der Waals surface area contributed by atoms with E-state index < -0.39 is 46.4 Å². The van der Waals surface area contributed by atoms with Crippen LogP contribution < -0.4 is 5.73 Å². The molecular weight excluding hydrogens is 624 g/mol. The molecule has 8 nitrogen and oxygen atoms in total. The lowest BCUT2D eigenvalue weighted by Crippen LogP contribution is -2.45. The number of nitrogens with zero attached hydrogens (tertiary/aromatic N) is 5. The Morgan fingerprint density at radius 2 is 1.58 bits per heavy atom. The quantitative estimate of drug-likeness (QED) is 0.209. The minimum absolute atomic E-state index is 0.0305. The van der Waals surface area contributed by atoms with Crippen molar-refractivity contribution in [3.8, 4) is 0 Å². The number of amides is 2. The van der Waals surface area contributed by atoms with Crippen molar-refractivity contribution < 1.29 is 27.2 Å². The molecule has 2 N–H and O–H groups in total. The van der Waals surface area contributed by atoms with Gasteiger partial charge >= 0.3 is 6.18 Å². The van der Waals surface area contributed by atoms with Crippen molar-refractivity contribution in [1.29, 1.82) is 0 Å². The number of fused-ring (bicyclic) bond motifs is 1. The number of aliphatic imine (C=N–C) groups is 1. The predicted octanol–water partition coefficient (Wildman–Crippen LogP) is 6.41. The van der Waals surface area contributed by atoms with Gasteiger partial charge in [-0.05, 0) is 59.7 Å². The van der Waals surface area contributed by atoms with Gasteiger partial charge in [0.05, 0.1) is 35.6 Å². The lowest BCUT2D eigenvalue weighted by Gasteiger charge is -2.30. The minimum atomic E-state index is -4.80. The highest BCUT2D eigenvalue weighted by Crippen LogP contribution is 2.41. The predicted molar refractivity (Wildman–Crippen MR) is 171 cm³/mol. The van der Waals surface area contributed by atoms with Crippen molar-refractivity contribution in [1.82, 2.24) is 19.8 Å². The van der Waals surface area contributed by atoms with Crippen molar-refractivity contribution in [3.05, 3.63) is 130 Å². The molecule has 0 unspecified atom stereocenters. The summed E-state index contributed by atoms with van der Waals surface area (Å²) >= 11 is 0. The van der Waals surface area contributed by atoms with E-state index in [2.05, 4.69) is 15.0 Å². The molecule has 3 aromatic carbocycles. The molecule has 248 valence electrons. The maximum atomic E-state index is 14.4. The zero-order valence-electron chi connectivity index (χ0n) is 26.4. The third-order valence-electron chi connectivity index (χ3n) is 8.96. The fraction of sp³-hybridized carbons (Fsp3) is 0.306. The molecule has 2 aliphatic heterocycles. The van der Waals surface area contributed by atoms with Crippen LogP contribution in [0.2, 0.25) is 0 Å². The third-order valence-corrected chi connectivity index (χ3v) is 8.96. The van der Waals surface area contributed by atoms with Gasteiger partial charge in [0, 0.05) is 24.9 Å². The first-order chi connectivity index (χ1) is 22.9. The Bertz CT molecular complexity index is 1840. The van der Waals surface area contributed by atoms with Gasteiger partial charge in [-0.15, -0.1) is 0 Å². The summed E-state index contributed by atoms with van der Waals surface area (Å²) in [5, 5.41) is 0.